The first kappa shape index (κ1) is 17.0. The minimum absolute atomic E-state index is 0.0608. The zero-order valence-electron chi connectivity index (χ0n) is 14.2. The van der Waals surface area contributed by atoms with E-state index in [4.69, 9.17) is 4.74 Å². The Morgan fingerprint density at radius 1 is 1.45 bits per heavy atom. The van der Waals surface area contributed by atoms with Crippen LogP contribution in [0.5, 0.6) is 0 Å². The van der Waals surface area contributed by atoms with Crippen LogP contribution >= 0.6 is 0 Å². The average molecular weight is 307 g/mol. The highest BCUT2D eigenvalue weighted by Crippen LogP contribution is 2.27. The first-order valence-corrected chi connectivity index (χ1v) is 8.38. The van der Waals surface area contributed by atoms with Gasteiger partial charge >= 0.3 is 0 Å². The summed E-state index contributed by atoms with van der Waals surface area (Å²) in [6.45, 7) is 10.3. The number of carbonyl (C=O) groups is 1. The molecule has 5 heteroatoms. The summed E-state index contributed by atoms with van der Waals surface area (Å²) in [5.74, 6) is 2.16. The van der Waals surface area contributed by atoms with Crippen LogP contribution in [0.4, 0.5) is 5.95 Å². The van der Waals surface area contributed by atoms with Crippen LogP contribution in [0.3, 0.4) is 0 Å². The molecule has 124 valence electrons. The van der Waals surface area contributed by atoms with Gasteiger partial charge in [-0.15, -0.1) is 0 Å². The van der Waals surface area contributed by atoms with Crippen LogP contribution in [-0.4, -0.2) is 28.2 Å². The molecule has 1 aromatic rings. The maximum atomic E-state index is 12.3. The summed E-state index contributed by atoms with van der Waals surface area (Å²) in [5, 5.41) is 2.96. The zero-order valence-corrected chi connectivity index (χ0v) is 14.2. The monoisotopic (exact) mass is 307 g/mol. The van der Waals surface area contributed by atoms with E-state index in [1.807, 2.05) is 10.8 Å². The number of hydrogen-bond acceptors (Lipinski definition) is 3. The van der Waals surface area contributed by atoms with Gasteiger partial charge in [0, 0.05) is 32.0 Å². The summed E-state index contributed by atoms with van der Waals surface area (Å²) < 4.78 is 7.78. The second kappa shape index (κ2) is 7.77. The Morgan fingerprint density at radius 2 is 2.23 bits per heavy atom. The molecule has 1 aliphatic heterocycles. The number of rotatable bonds is 6. The van der Waals surface area contributed by atoms with Crippen molar-refractivity contribution in [1.82, 2.24) is 9.55 Å². The van der Waals surface area contributed by atoms with Gasteiger partial charge in [0.2, 0.25) is 11.9 Å². The number of carbonyl (C=O) groups excluding carboxylic acids is 1. The standard InChI is InChI=1S/C17H29N3O2/c1-12(2)11-20-7-6-18-17(20)19-16(21)10-14-5-8-22-15(9-14)13(3)4/h6-7,12-15H,5,8-11H2,1-4H3,(H,18,19,21). The van der Waals surface area contributed by atoms with Gasteiger partial charge in [-0.25, -0.2) is 4.98 Å². The van der Waals surface area contributed by atoms with Crippen molar-refractivity contribution in [3.63, 3.8) is 0 Å². The van der Waals surface area contributed by atoms with Crippen molar-refractivity contribution in [2.45, 2.75) is 59.6 Å². The lowest BCUT2D eigenvalue weighted by atomic mass is 9.88. The third-order valence-electron chi connectivity index (χ3n) is 4.17. The highest BCUT2D eigenvalue weighted by Gasteiger charge is 2.26. The summed E-state index contributed by atoms with van der Waals surface area (Å²) in [4.78, 5) is 16.5. The molecule has 0 saturated carbocycles. The Labute approximate surface area is 133 Å². The van der Waals surface area contributed by atoms with Gasteiger partial charge in [0.05, 0.1) is 6.10 Å². The van der Waals surface area contributed by atoms with Gasteiger partial charge in [-0.1, -0.05) is 27.7 Å². The van der Waals surface area contributed by atoms with Crippen molar-refractivity contribution < 1.29 is 9.53 Å². The molecule has 2 atom stereocenters. The van der Waals surface area contributed by atoms with Crippen LogP contribution in [0.15, 0.2) is 12.4 Å². The predicted octanol–water partition coefficient (Wildman–Crippen LogP) is 3.32. The average Bonchev–Trinajstić information content (AvgIpc) is 2.85. The summed E-state index contributed by atoms with van der Waals surface area (Å²) in [6.07, 6.45) is 6.44. The maximum Gasteiger partial charge on any atom is 0.226 e. The molecule has 0 aromatic carbocycles. The lowest BCUT2D eigenvalue weighted by molar-refractivity contribution is -0.118. The lowest BCUT2D eigenvalue weighted by Crippen LogP contribution is -2.31. The molecular formula is C17H29N3O2. The molecule has 0 bridgehead atoms. The Morgan fingerprint density at radius 3 is 2.91 bits per heavy atom. The van der Waals surface area contributed by atoms with Crippen LogP contribution < -0.4 is 5.32 Å². The van der Waals surface area contributed by atoms with E-state index in [9.17, 15) is 4.79 Å². The Bertz CT molecular complexity index is 482. The molecule has 0 spiro atoms. The van der Waals surface area contributed by atoms with Gasteiger partial charge in [0.1, 0.15) is 0 Å². The molecule has 0 radical (unpaired) electrons. The summed E-state index contributed by atoms with van der Waals surface area (Å²) >= 11 is 0. The first-order chi connectivity index (χ1) is 10.5. The molecule has 5 nitrogen and oxygen atoms in total. The van der Waals surface area contributed by atoms with Gasteiger partial charge in [-0.2, -0.15) is 0 Å². The van der Waals surface area contributed by atoms with Crippen LogP contribution in [0.1, 0.15) is 47.0 Å². The second-order valence-electron chi connectivity index (χ2n) is 7.09. The molecule has 1 fully saturated rings. The molecule has 1 amide bonds. The largest absolute Gasteiger partial charge is 0.378 e. The van der Waals surface area contributed by atoms with Gasteiger partial charge < -0.3 is 9.30 Å². The minimum atomic E-state index is 0.0608. The molecule has 22 heavy (non-hydrogen) atoms. The van der Waals surface area contributed by atoms with Crippen LogP contribution in [0.2, 0.25) is 0 Å². The fourth-order valence-corrected chi connectivity index (χ4v) is 2.96. The molecule has 2 heterocycles. The molecule has 1 saturated heterocycles. The molecule has 2 unspecified atom stereocenters. The van der Waals surface area contributed by atoms with Crippen molar-refractivity contribution in [3.05, 3.63) is 12.4 Å². The van der Waals surface area contributed by atoms with Crippen LogP contribution in [0.25, 0.3) is 0 Å². The van der Waals surface area contributed by atoms with Gasteiger partial charge in [0.25, 0.3) is 0 Å². The fourth-order valence-electron chi connectivity index (χ4n) is 2.96. The van der Waals surface area contributed by atoms with Gasteiger partial charge in [-0.05, 0) is 30.6 Å². The Hall–Kier alpha value is -1.36. The third kappa shape index (κ3) is 4.83. The molecule has 0 aliphatic carbocycles. The van der Waals surface area contributed by atoms with E-state index in [-0.39, 0.29) is 12.0 Å². The smallest absolute Gasteiger partial charge is 0.226 e. The van der Waals surface area contributed by atoms with E-state index in [1.54, 1.807) is 6.20 Å². The van der Waals surface area contributed by atoms with E-state index >= 15 is 0 Å². The van der Waals surface area contributed by atoms with E-state index in [1.165, 1.54) is 0 Å². The SMILES string of the molecule is CC(C)Cn1ccnc1NC(=O)CC1CCOC(C(C)C)C1. The van der Waals surface area contributed by atoms with Crippen molar-refractivity contribution in [2.24, 2.45) is 17.8 Å². The van der Waals surface area contributed by atoms with Crippen LogP contribution in [0, 0.1) is 17.8 Å². The van der Waals surface area contributed by atoms with Crippen LogP contribution in [-0.2, 0) is 16.1 Å². The van der Waals surface area contributed by atoms with Gasteiger partial charge in [0.15, 0.2) is 0 Å². The first-order valence-electron chi connectivity index (χ1n) is 8.38. The number of amides is 1. The number of aromatic nitrogens is 2. The number of ether oxygens (including phenoxy) is 1. The number of nitrogens with one attached hydrogen (secondary N) is 1. The van der Waals surface area contributed by atoms with E-state index < -0.39 is 0 Å². The van der Waals surface area contributed by atoms with E-state index in [0.717, 1.165) is 26.0 Å². The Kier molecular flexibility index (Phi) is 6.00. The highest BCUT2D eigenvalue weighted by molar-refractivity contribution is 5.89. The normalized spacial score (nSPS) is 22.3. The number of nitrogens with zero attached hydrogens (tertiary/aromatic N) is 2. The summed E-state index contributed by atoms with van der Waals surface area (Å²) in [5.41, 5.74) is 0. The third-order valence-corrected chi connectivity index (χ3v) is 4.17. The highest BCUT2D eigenvalue weighted by atomic mass is 16.5. The topological polar surface area (TPSA) is 56.2 Å². The van der Waals surface area contributed by atoms with E-state index in [0.29, 0.717) is 30.1 Å². The van der Waals surface area contributed by atoms with Crippen molar-refractivity contribution >= 4 is 11.9 Å². The van der Waals surface area contributed by atoms with Crippen molar-refractivity contribution in [3.8, 4) is 0 Å². The molecule has 1 N–H and O–H groups in total. The molecule has 1 aromatic heterocycles. The van der Waals surface area contributed by atoms with Gasteiger partial charge in [-0.3, -0.25) is 10.1 Å². The molecular weight excluding hydrogens is 278 g/mol. The van der Waals surface area contributed by atoms with Crippen molar-refractivity contribution in [1.29, 1.82) is 0 Å². The van der Waals surface area contributed by atoms with Crippen molar-refractivity contribution in [2.75, 3.05) is 11.9 Å². The summed E-state index contributed by atoms with van der Waals surface area (Å²) in [7, 11) is 0. The van der Waals surface area contributed by atoms with E-state index in [2.05, 4.69) is 38.0 Å². The quantitative estimate of drug-likeness (QED) is 0.877. The zero-order chi connectivity index (χ0) is 16.1. The number of hydrogen-bond donors (Lipinski definition) is 1. The number of anilines is 1. The molecule has 2 rings (SSSR count). The second-order valence-corrected chi connectivity index (χ2v) is 7.09. The predicted molar refractivity (Wildman–Crippen MR) is 87.6 cm³/mol. The summed E-state index contributed by atoms with van der Waals surface area (Å²) in [6, 6.07) is 0. The Balaban J connectivity index is 1.86. The molecule has 1 aliphatic rings. The maximum absolute atomic E-state index is 12.3. The lowest BCUT2D eigenvalue weighted by Gasteiger charge is -2.31. The minimum Gasteiger partial charge on any atom is -0.378 e. The number of imidazole rings is 1. The fraction of sp³-hybridized carbons (Fsp3) is 0.765.